The lowest BCUT2D eigenvalue weighted by Gasteiger charge is -2.38. The van der Waals surface area contributed by atoms with Gasteiger partial charge in [-0.25, -0.2) is 17.7 Å². The van der Waals surface area contributed by atoms with E-state index >= 15 is 4.39 Å². The molecule has 3 rings (SSSR count). The second-order valence-electron chi connectivity index (χ2n) is 10.5. The van der Waals surface area contributed by atoms with Crippen molar-refractivity contribution in [1.82, 2.24) is 4.72 Å². The van der Waals surface area contributed by atoms with Gasteiger partial charge in [0.1, 0.15) is 11.6 Å². The first kappa shape index (κ1) is 31.5. The third kappa shape index (κ3) is 7.57. The minimum atomic E-state index is -4.91. The zero-order valence-electron chi connectivity index (χ0n) is 22.6. The number of halogens is 6. The first-order chi connectivity index (χ1) is 18.5. The SMILES string of the molecule is CC(C)Oc1ccc([C@@](Cc2ccccc2)(N[S@](=O)C(C)(C)C)c2cc(F)cc(OC(F)(F)C(F)F)c2)cc1F. The monoisotopic (exact) mass is 587 g/mol. The van der Waals surface area contributed by atoms with E-state index in [0.717, 1.165) is 18.2 Å². The summed E-state index contributed by atoms with van der Waals surface area (Å²) in [7, 11) is -1.88. The largest absolute Gasteiger partial charge is 0.488 e. The molecule has 0 heterocycles. The Morgan fingerprint density at radius 1 is 0.900 bits per heavy atom. The lowest BCUT2D eigenvalue weighted by Crippen LogP contribution is -2.50. The van der Waals surface area contributed by atoms with E-state index in [1.807, 2.05) is 0 Å². The third-order valence-corrected chi connectivity index (χ3v) is 7.44. The molecule has 0 aliphatic carbocycles. The normalized spacial score (nSPS) is 14.7. The van der Waals surface area contributed by atoms with Gasteiger partial charge in [-0.15, -0.1) is 0 Å². The highest BCUT2D eigenvalue weighted by molar-refractivity contribution is 7.84. The summed E-state index contributed by atoms with van der Waals surface area (Å²) in [5, 5.41) is 0. The van der Waals surface area contributed by atoms with Crippen LogP contribution in [0.15, 0.2) is 66.7 Å². The van der Waals surface area contributed by atoms with Gasteiger partial charge in [0.15, 0.2) is 11.6 Å². The van der Waals surface area contributed by atoms with Crippen molar-refractivity contribution < 1.29 is 40.0 Å². The second kappa shape index (κ2) is 12.2. The first-order valence-corrected chi connectivity index (χ1v) is 13.5. The average molecular weight is 588 g/mol. The van der Waals surface area contributed by atoms with Crippen LogP contribution >= 0.6 is 0 Å². The third-order valence-electron chi connectivity index (χ3n) is 5.79. The fourth-order valence-electron chi connectivity index (χ4n) is 3.92. The number of hydrogen-bond acceptors (Lipinski definition) is 3. The Kier molecular flexibility index (Phi) is 9.62. The summed E-state index contributed by atoms with van der Waals surface area (Å²) in [5.41, 5.74) is -1.03. The summed E-state index contributed by atoms with van der Waals surface area (Å²) in [6.45, 7) is 8.45. The van der Waals surface area contributed by atoms with E-state index in [4.69, 9.17) is 4.74 Å². The molecule has 3 aromatic carbocycles. The molecule has 0 aromatic heterocycles. The Bertz CT molecular complexity index is 1330. The number of nitrogens with one attached hydrogen (secondary N) is 1. The van der Waals surface area contributed by atoms with Crippen molar-refractivity contribution in [2.45, 2.75) is 70.0 Å². The Morgan fingerprint density at radius 3 is 2.10 bits per heavy atom. The van der Waals surface area contributed by atoms with Crippen LogP contribution in [0.5, 0.6) is 11.5 Å². The summed E-state index contributed by atoms with van der Waals surface area (Å²) in [4.78, 5) is 0. The zero-order chi connectivity index (χ0) is 29.9. The molecule has 2 atom stereocenters. The molecule has 3 aromatic rings. The molecule has 0 amide bonds. The van der Waals surface area contributed by atoms with Crippen LogP contribution in [0, 0.1) is 11.6 Å². The molecule has 4 nitrogen and oxygen atoms in total. The van der Waals surface area contributed by atoms with Gasteiger partial charge in [0, 0.05) is 6.07 Å². The number of hydrogen-bond donors (Lipinski definition) is 1. The van der Waals surface area contributed by atoms with Gasteiger partial charge < -0.3 is 9.47 Å². The molecule has 0 saturated carbocycles. The summed E-state index contributed by atoms with van der Waals surface area (Å²) in [5.74, 6) is -2.81. The van der Waals surface area contributed by atoms with Crippen molar-refractivity contribution in [3.63, 3.8) is 0 Å². The van der Waals surface area contributed by atoms with Crippen molar-refractivity contribution in [2.24, 2.45) is 0 Å². The fourth-order valence-corrected chi connectivity index (χ4v) is 4.85. The van der Waals surface area contributed by atoms with Gasteiger partial charge in [-0.2, -0.15) is 17.6 Å². The maximum absolute atomic E-state index is 15.3. The van der Waals surface area contributed by atoms with Gasteiger partial charge in [-0.05, 0) is 82.0 Å². The number of alkyl halides is 4. The highest BCUT2D eigenvalue weighted by atomic mass is 32.2. The minimum absolute atomic E-state index is 0.0619. The van der Waals surface area contributed by atoms with Crippen LogP contribution in [-0.4, -0.2) is 27.6 Å². The molecule has 0 spiro atoms. The molecule has 218 valence electrons. The van der Waals surface area contributed by atoms with Crippen LogP contribution in [0.3, 0.4) is 0 Å². The maximum Gasteiger partial charge on any atom is 0.461 e. The Morgan fingerprint density at radius 2 is 1.55 bits per heavy atom. The highest BCUT2D eigenvalue weighted by Crippen LogP contribution is 2.40. The summed E-state index contributed by atoms with van der Waals surface area (Å²) in [6.07, 6.45) is -9.49. The van der Waals surface area contributed by atoms with Gasteiger partial charge in [-0.1, -0.05) is 36.4 Å². The van der Waals surface area contributed by atoms with Crippen molar-refractivity contribution >= 4 is 11.0 Å². The van der Waals surface area contributed by atoms with E-state index in [2.05, 4.69) is 9.46 Å². The first-order valence-electron chi connectivity index (χ1n) is 12.4. The van der Waals surface area contributed by atoms with Gasteiger partial charge >= 0.3 is 12.5 Å². The Balaban J connectivity index is 2.33. The van der Waals surface area contributed by atoms with Crippen molar-refractivity contribution in [3.05, 3.63) is 95.1 Å². The van der Waals surface area contributed by atoms with E-state index in [9.17, 15) is 26.2 Å². The van der Waals surface area contributed by atoms with Crippen molar-refractivity contribution in [2.75, 3.05) is 0 Å². The number of ether oxygens (including phenoxy) is 2. The van der Waals surface area contributed by atoms with E-state index in [-0.39, 0.29) is 29.4 Å². The predicted octanol–water partition coefficient (Wildman–Crippen LogP) is 7.53. The fraction of sp³-hybridized carbons (Fsp3) is 0.379. The van der Waals surface area contributed by atoms with Crippen LogP contribution in [0.25, 0.3) is 0 Å². The molecule has 0 aliphatic rings. The standard InChI is InChI=1S/C29H31F6NO3S/c1-18(2)38-25-12-11-20(15-24(25)31)28(36-40(37)27(3,4)5,17-19-9-7-6-8-10-19)21-13-22(30)16-23(14-21)39-29(34,35)26(32)33/h6-16,18,26,36H,17H2,1-5H3/t28-,40-/m1/s1. The van der Waals surface area contributed by atoms with Crippen LogP contribution in [0.4, 0.5) is 26.3 Å². The topological polar surface area (TPSA) is 47.6 Å². The Hall–Kier alpha value is -3.05. The number of benzene rings is 3. The van der Waals surface area contributed by atoms with E-state index < -0.39 is 51.2 Å². The molecule has 11 heteroatoms. The zero-order valence-corrected chi connectivity index (χ0v) is 23.4. The van der Waals surface area contributed by atoms with Crippen LogP contribution in [-0.2, 0) is 22.9 Å². The maximum atomic E-state index is 15.3. The number of rotatable bonds is 11. The molecular weight excluding hydrogens is 556 g/mol. The molecule has 0 fully saturated rings. The van der Waals surface area contributed by atoms with Gasteiger partial charge in [-0.3, -0.25) is 0 Å². The molecule has 0 bridgehead atoms. The van der Waals surface area contributed by atoms with Gasteiger partial charge in [0.2, 0.25) is 0 Å². The van der Waals surface area contributed by atoms with E-state index in [1.54, 1.807) is 65.0 Å². The molecule has 0 radical (unpaired) electrons. The quantitative estimate of drug-likeness (QED) is 0.236. The van der Waals surface area contributed by atoms with E-state index in [1.165, 1.54) is 12.1 Å². The van der Waals surface area contributed by atoms with Crippen molar-refractivity contribution in [3.8, 4) is 11.5 Å². The summed E-state index contributed by atoms with van der Waals surface area (Å²) >= 11 is 0. The summed E-state index contributed by atoms with van der Waals surface area (Å²) < 4.78 is 109. The Labute approximate surface area is 232 Å². The molecule has 0 aliphatic heterocycles. The van der Waals surface area contributed by atoms with Crippen molar-refractivity contribution in [1.29, 1.82) is 0 Å². The molecular formula is C29H31F6NO3S. The van der Waals surface area contributed by atoms with Crippen LogP contribution in [0.2, 0.25) is 0 Å². The van der Waals surface area contributed by atoms with Crippen LogP contribution in [0.1, 0.15) is 51.3 Å². The van der Waals surface area contributed by atoms with Gasteiger partial charge in [0.05, 0.1) is 27.4 Å². The van der Waals surface area contributed by atoms with E-state index in [0.29, 0.717) is 11.6 Å². The highest BCUT2D eigenvalue weighted by Gasteiger charge is 2.45. The molecule has 0 unspecified atom stereocenters. The lowest BCUT2D eigenvalue weighted by atomic mass is 9.78. The molecule has 1 N–H and O–H groups in total. The minimum Gasteiger partial charge on any atom is -0.488 e. The molecule has 0 saturated heterocycles. The summed E-state index contributed by atoms with van der Waals surface area (Å²) in [6, 6.07) is 15.1. The smallest absolute Gasteiger partial charge is 0.461 e. The second-order valence-corrected chi connectivity index (χ2v) is 12.5. The van der Waals surface area contributed by atoms with Gasteiger partial charge in [0.25, 0.3) is 0 Å². The average Bonchev–Trinajstić information content (AvgIpc) is 2.83. The van der Waals surface area contributed by atoms with Crippen LogP contribution < -0.4 is 14.2 Å². The molecule has 40 heavy (non-hydrogen) atoms. The predicted molar refractivity (Wildman–Crippen MR) is 142 cm³/mol. The lowest BCUT2D eigenvalue weighted by molar-refractivity contribution is -0.253.